The first-order chi connectivity index (χ1) is 8.61. The molecule has 2 rings (SSSR count). The number of nitrogen functional groups attached to an aromatic ring is 1. The lowest BCUT2D eigenvalue weighted by Gasteiger charge is -2.07. The molecule has 0 saturated carbocycles. The Morgan fingerprint density at radius 2 is 2.33 bits per heavy atom. The molecule has 0 aliphatic carbocycles. The van der Waals surface area contributed by atoms with Crippen LogP contribution >= 0.6 is 15.9 Å². The summed E-state index contributed by atoms with van der Waals surface area (Å²) in [5.41, 5.74) is 7.61. The van der Waals surface area contributed by atoms with Gasteiger partial charge in [-0.2, -0.15) is 5.10 Å². The van der Waals surface area contributed by atoms with Gasteiger partial charge in [0, 0.05) is 15.7 Å². The molecule has 0 radical (unpaired) electrons. The van der Waals surface area contributed by atoms with E-state index in [0.717, 1.165) is 16.5 Å². The third-order valence-electron chi connectivity index (χ3n) is 2.60. The molecule has 1 aromatic carbocycles. The molecule has 0 saturated heterocycles. The van der Waals surface area contributed by atoms with Crippen molar-refractivity contribution in [3.05, 3.63) is 40.0 Å². The minimum absolute atomic E-state index is 0.257. The molecule has 2 aromatic rings. The van der Waals surface area contributed by atoms with Gasteiger partial charge in [0.05, 0.1) is 11.8 Å². The topological polar surface area (TPSA) is 83.8 Å². The highest BCUT2D eigenvalue weighted by Gasteiger charge is 2.13. The van der Waals surface area contributed by atoms with E-state index < -0.39 is 0 Å². The number of nitrogens with two attached hydrogens (primary N) is 1. The Labute approximate surface area is 113 Å². The van der Waals surface area contributed by atoms with Crippen LogP contribution in [0.25, 0.3) is 0 Å². The van der Waals surface area contributed by atoms with Gasteiger partial charge in [-0.3, -0.25) is 9.89 Å². The van der Waals surface area contributed by atoms with Gasteiger partial charge in [-0.05, 0) is 24.6 Å². The van der Waals surface area contributed by atoms with Gasteiger partial charge in [-0.15, -0.1) is 0 Å². The van der Waals surface area contributed by atoms with E-state index in [9.17, 15) is 4.79 Å². The number of hydrogen-bond acceptors (Lipinski definition) is 3. The number of carbonyl (C=O) groups excluding carboxylic acids is 1. The molecular weight excluding hydrogens is 296 g/mol. The number of amides is 1. The summed E-state index contributed by atoms with van der Waals surface area (Å²) in [6.45, 7) is 1.99. The fourth-order valence-electron chi connectivity index (χ4n) is 1.59. The van der Waals surface area contributed by atoms with Crippen LogP contribution in [0.5, 0.6) is 0 Å². The summed E-state index contributed by atoms with van der Waals surface area (Å²) in [5, 5.41) is 9.42. The Morgan fingerprint density at radius 1 is 1.56 bits per heavy atom. The Morgan fingerprint density at radius 3 is 3.06 bits per heavy atom. The van der Waals surface area contributed by atoms with E-state index in [-0.39, 0.29) is 5.91 Å². The number of benzene rings is 1. The predicted molar refractivity (Wildman–Crippen MR) is 74.5 cm³/mol. The van der Waals surface area contributed by atoms with Gasteiger partial charge < -0.3 is 11.1 Å². The molecule has 0 aliphatic rings. The third kappa shape index (κ3) is 2.53. The fraction of sp³-hybridized carbons (Fsp3) is 0.167. The zero-order valence-electron chi connectivity index (χ0n) is 9.83. The van der Waals surface area contributed by atoms with Crippen LogP contribution in [-0.2, 0) is 6.42 Å². The molecule has 18 heavy (non-hydrogen) atoms. The smallest absolute Gasteiger partial charge is 0.258 e. The lowest BCUT2D eigenvalue weighted by molar-refractivity contribution is 0.102. The number of rotatable bonds is 3. The number of nitrogens with one attached hydrogen (secondary N) is 2. The van der Waals surface area contributed by atoms with E-state index in [1.54, 1.807) is 24.4 Å². The minimum Gasteiger partial charge on any atom is -0.398 e. The van der Waals surface area contributed by atoms with Crippen molar-refractivity contribution < 1.29 is 4.79 Å². The molecule has 6 heteroatoms. The molecule has 0 atom stereocenters. The summed E-state index contributed by atoms with van der Waals surface area (Å²) < 4.78 is 0.808. The summed E-state index contributed by atoms with van der Waals surface area (Å²) in [6, 6.07) is 5.17. The molecule has 0 bridgehead atoms. The summed E-state index contributed by atoms with van der Waals surface area (Å²) in [4.78, 5) is 12.1. The van der Waals surface area contributed by atoms with Crippen molar-refractivity contribution in [2.24, 2.45) is 0 Å². The highest BCUT2D eigenvalue weighted by atomic mass is 79.9. The van der Waals surface area contributed by atoms with Crippen LogP contribution in [0.3, 0.4) is 0 Å². The van der Waals surface area contributed by atoms with Gasteiger partial charge in [0.15, 0.2) is 0 Å². The van der Waals surface area contributed by atoms with Crippen LogP contribution in [-0.4, -0.2) is 16.1 Å². The van der Waals surface area contributed by atoms with E-state index >= 15 is 0 Å². The summed E-state index contributed by atoms with van der Waals surface area (Å²) in [6.07, 6.45) is 2.49. The van der Waals surface area contributed by atoms with Gasteiger partial charge in [0.1, 0.15) is 5.82 Å². The average Bonchev–Trinajstić information content (AvgIpc) is 2.79. The molecule has 4 N–H and O–H groups in total. The monoisotopic (exact) mass is 308 g/mol. The van der Waals surface area contributed by atoms with Gasteiger partial charge >= 0.3 is 0 Å². The second-order valence-corrected chi connectivity index (χ2v) is 4.73. The van der Waals surface area contributed by atoms with E-state index in [1.807, 2.05) is 6.92 Å². The lowest BCUT2D eigenvalue weighted by Crippen LogP contribution is -2.15. The highest BCUT2D eigenvalue weighted by Crippen LogP contribution is 2.20. The number of anilines is 2. The lowest BCUT2D eigenvalue weighted by atomic mass is 10.1. The normalized spacial score (nSPS) is 10.3. The molecular formula is C12H13BrN4O. The van der Waals surface area contributed by atoms with Crippen LogP contribution in [0.1, 0.15) is 22.8 Å². The molecule has 0 spiro atoms. The van der Waals surface area contributed by atoms with Gasteiger partial charge in [0.2, 0.25) is 0 Å². The number of hydrogen-bond donors (Lipinski definition) is 3. The summed E-state index contributed by atoms with van der Waals surface area (Å²) in [7, 11) is 0. The Hall–Kier alpha value is -1.82. The maximum atomic E-state index is 12.1. The fourth-order valence-corrected chi connectivity index (χ4v) is 1.95. The predicted octanol–water partition coefficient (Wildman–Crippen LogP) is 2.57. The van der Waals surface area contributed by atoms with E-state index in [4.69, 9.17) is 5.73 Å². The Kier molecular flexibility index (Phi) is 3.66. The first kappa shape index (κ1) is 12.6. The number of H-pyrrole nitrogens is 1. The van der Waals surface area contributed by atoms with Crippen LogP contribution in [0.2, 0.25) is 0 Å². The van der Waals surface area contributed by atoms with Crippen molar-refractivity contribution in [1.29, 1.82) is 0 Å². The van der Waals surface area contributed by atoms with Crippen molar-refractivity contribution in [2.75, 3.05) is 11.1 Å². The number of aromatic amines is 1. The van der Waals surface area contributed by atoms with Gasteiger partial charge in [0.25, 0.3) is 5.91 Å². The first-order valence-corrected chi connectivity index (χ1v) is 6.29. The standard InChI is InChI=1S/C12H13BrN4O/c1-2-7-6-15-17-11(7)16-12(18)9-5-8(13)3-4-10(9)14/h3-6H,2,14H2,1H3,(H2,15,16,17,18). The molecule has 0 fully saturated rings. The quantitative estimate of drug-likeness (QED) is 0.762. The molecule has 5 nitrogen and oxygen atoms in total. The number of halogens is 1. The van der Waals surface area contributed by atoms with Crippen LogP contribution in [0.4, 0.5) is 11.5 Å². The van der Waals surface area contributed by atoms with Crippen molar-refractivity contribution in [3.63, 3.8) is 0 Å². The Bertz CT molecular complexity index is 579. The largest absolute Gasteiger partial charge is 0.398 e. The highest BCUT2D eigenvalue weighted by molar-refractivity contribution is 9.10. The van der Waals surface area contributed by atoms with Crippen molar-refractivity contribution in [1.82, 2.24) is 10.2 Å². The second-order valence-electron chi connectivity index (χ2n) is 3.81. The molecule has 0 aliphatic heterocycles. The SMILES string of the molecule is CCc1cn[nH]c1NC(=O)c1cc(Br)ccc1N. The zero-order valence-corrected chi connectivity index (χ0v) is 11.4. The average molecular weight is 309 g/mol. The van der Waals surface area contributed by atoms with Crippen LogP contribution in [0.15, 0.2) is 28.9 Å². The molecule has 94 valence electrons. The molecule has 1 aromatic heterocycles. The first-order valence-electron chi connectivity index (χ1n) is 5.50. The number of nitrogens with zero attached hydrogens (tertiary/aromatic N) is 1. The minimum atomic E-state index is -0.257. The molecule has 1 amide bonds. The van der Waals surface area contributed by atoms with Crippen molar-refractivity contribution in [2.45, 2.75) is 13.3 Å². The second kappa shape index (κ2) is 5.22. The van der Waals surface area contributed by atoms with Crippen LogP contribution in [0, 0.1) is 0 Å². The van der Waals surface area contributed by atoms with Crippen molar-refractivity contribution in [3.8, 4) is 0 Å². The van der Waals surface area contributed by atoms with E-state index in [1.165, 1.54) is 0 Å². The van der Waals surface area contributed by atoms with E-state index in [2.05, 4.69) is 31.4 Å². The number of aromatic nitrogens is 2. The Balaban J connectivity index is 2.25. The maximum absolute atomic E-state index is 12.1. The third-order valence-corrected chi connectivity index (χ3v) is 3.09. The number of carbonyl (C=O) groups is 1. The van der Waals surface area contributed by atoms with Gasteiger partial charge in [-0.25, -0.2) is 0 Å². The van der Waals surface area contributed by atoms with Crippen LogP contribution < -0.4 is 11.1 Å². The molecule has 0 unspecified atom stereocenters. The van der Waals surface area contributed by atoms with Gasteiger partial charge in [-0.1, -0.05) is 22.9 Å². The summed E-state index contributed by atoms with van der Waals surface area (Å²) in [5.74, 6) is 0.356. The van der Waals surface area contributed by atoms with Crippen molar-refractivity contribution >= 4 is 33.3 Å². The van der Waals surface area contributed by atoms with E-state index in [0.29, 0.717) is 17.1 Å². The number of aryl methyl sites for hydroxylation is 1. The maximum Gasteiger partial charge on any atom is 0.258 e. The molecule has 1 heterocycles. The zero-order chi connectivity index (χ0) is 13.1. The summed E-state index contributed by atoms with van der Waals surface area (Å²) >= 11 is 3.31.